The molecule has 0 radical (unpaired) electrons. The number of nitrogens with one attached hydrogen (secondary N) is 1. The van der Waals surface area contributed by atoms with Crippen LogP contribution in [0.5, 0.6) is 5.75 Å². The standard InChI is InChI=1S/C24H35ClN2O3/c1-15(2)19-7-5-16(3)13-21(19)26-23(28)17-9-11-27(12-10-17)24(29)20-14-18(25)6-8-22(20)30-4/h6,8,14-17,19,21H,5,7,9-13H2,1-4H3,(H,26,28). The molecule has 1 aromatic carbocycles. The summed E-state index contributed by atoms with van der Waals surface area (Å²) in [7, 11) is 1.55. The molecule has 30 heavy (non-hydrogen) atoms. The highest BCUT2D eigenvalue weighted by molar-refractivity contribution is 6.31. The summed E-state index contributed by atoms with van der Waals surface area (Å²) in [5.74, 6) is 2.37. The Labute approximate surface area is 185 Å². The van der Waals surface area contributed by atoms with Crippen molar-refractivity contribution in [3.05, 3.63) is 28.8 Å². The number of ether oxygens (including phenoxy) is 1. The van der Waals surface area contributed by atoms with Gasteiger partial charge in [0.25, 0.3) is 5.91 Å². The Morgan fingerprint density at radius 3 is 2.50 bits per heavy atom. The van der Waals surface area contributed by atoms with Crippen molar-refractivity contribution < 1.29 is 14.3 Å². The number of carbonyl (C=O) groups is 2. The van der Waals surface area contributed by atoms with Crippen molar-refractivity contribution in [2.45, 2.75) is 58.9 Å². The van der Waals surface area contributed by atoms with Crippen molar-refractivity contribution in [2.75, 3.05) is 20.2 Å². The van der Waals surface area contributed by atoms with Gasteiger partial charge in [0.2, 0.25) is 5.91 Å². The monoisotopic (exact) mass is 434 g/mol. The molecule has 0 bridgehead atoms. The molecule has 1 N–H and O–H groups in total. The number of likely N-dealkylation sites (tertiary alicyclic amines) is 1. The third kappa shape index (κ3) is 5.29. The van der Waals surface area contributed by atoms with E-state index in [9.17, 15) is 9.59 Å². The number of nitrogens with zero attached hydrogens (tertiary/aromatic N) is 1. The maximum absolute atomic E-state index is 13.0. The highest BCUT2D eigenvalue weighted by Gasteiger charge is 2.34. The van der Waals surface area contributed by atoms with Crippen LogP contribution in [0.3, 0.4) is 0 Å². The van der Waals surface area contributed by atoms with Crippen molar-refractivity contribution in [1.29, 1.82) is 0 Å². The third-order valence-corrected chi connectivity index (χ3v) is 7.13. The van der Waals surface area contributed by atoms with Gasteiger partial charge in [0.05, 0.1) is 12.7 Å². The molecule has 3 rings (SSSR count). The van der Waals surface area contributed by atoms with E-state index in [2.05, 4.69) is 26.1 Å². The molecule has 1 aromatic rings. The summed E-state index contributed by atoms with van der Waals surface area (Å²) in [6, 6.07) is 5.35. The van der Waals surface area contributed by atoms with Crippen LogP contribution in [-0.4, -0.2) is 43.0 Å². The number of hydrogen-bond acceptors (Lipinski definition) is 3. The van der Waals surface area contributed by atoms with Crippen molar-refractivity contribution in [1.82, 2.24) is 10.2 Å². The van der Waals surface area contributed by atoms with E-state index in [1.807, 2.05) is 0 Å². The smallest absolute Gasteiger partial charge is 0.257 e. The Hall–Kier alpha value is -1.75. The predicted octanol–water partition coefficient (Wildman–Crippen LogP) is 4.78. The Bertz CT molecular complexity index is 759. The molecule has 3 atom stereocenters. The lowest BCUT2D eigenvalue weighted by atomic mass is 9.74. The lowest BCUT2D eigenvalue weighted by Gasteiger charge is -2.39. The SMILES string of the molecule is COc1ccc(Cl)cc1C(=O)N1CCC(C(=O)NC2CC(C)CCC2C(C)C)CC1. The van der Waals surface area contributed by atoms with Gasteiger partial charge in [-0.2, -0.15) is 0 Å². The second-order valence-corrected chi connectivity index (χ2v) is 9.79. The molecule has 6 heteroatoms. The molecule has 5 nitrogen and oxygen atoms in total. The van der Waals surface area contributed by atoms with Gasteiger partial charge in [-0.1, -0.05) is 38.8 Å². The van der Waals surface area contributed by atoms with E-state index >= 15 is 0 Å². The highest BCUT2D eigenvalue weighted by Crippen LogP contribution is 2.34. The maximum Gasteiger partial charge on any atom is 0.257 e. The van der Waals surface area contributed by atoms with Gasteiger partial charge < -0.3 is 15.0 Å². The summed E-state index contributed by atoms with van der Waals surface area (Å²) in [6.07, 6.45) is 4.89. The average Bonchev–Trinajstić information content (AvgIpc) is 2.73. The molecular weight excluding hydrogens is 400 g/mol. The molecule has 0 aromatic heterocycles. The summed E-state index contributed by atoms with van der Waals surface area (Å²) in [4.78, 5) is 27.7. The zero-order valence-corrected chi connectivity index (χ0v) is 19.4. The largest absolute Gasteiger partial charge is 0.496 e. The van der Waals surface area contributed by atoms with E-state index in [0.717, 1.165) is 6.42 Å². The number of carbonyl (C=O) groups excluding carboxylic acids is 2. The van der Waals surface area contributed by atoms with Gasteiger partial charge in [0, 0.05) is 30.1 Å². The van der Waals surface area contributed by atoms with Crippen LogP contribution >= 0.6 is 11.6 Å². The maximum atomic E-state index is 13.0. The van der Waals surface area contributed by atoms with E-state index in [1.54, 1.807) is 30.2 Å². The molecule has 2 amide bonds. The number of rotatable bonds is 5. The van der Waals surface area contributed by atoms with Gasteiger partial charge in [-0.05, 0) is 61.6 Å². The first-order valence-electron chi connectivity index (χ1n) is 11.2. The van der Waals surface area contributed by atoms with Gasteiger partial charge >= 0.3 is 0 Å². The molecule has 3 unspecified atom stereocenters. The lowest BCUT2D eigenvalue weighted by molar-refractivity contribution is -0.128. The molecule has 1 aliphatic carbocycles. The lowest BCUT2D eigenvalue weighted by Crippen LogP contribution is -2.49. The highest BCUT2D eigenvalue weighted by atomic mass is 35.5. The quantitative estimate of drug-likeness (QED) is 0.725. The Morgan fingerprint density at radius 1 is 1.17 bits per heavy atom. The predicted molar refractivity (Wildman–Crippen MR) is 120 cm³/mol. The summed E-state index contributed by atoms with van der Waals surface area (Å²) in [6.45, 7) is 7.94. The molecule has 166 valence electrons. The number of halogens is 1. The first-order valence-corrected chi connectivity index (χ1v) is 11.6. The van der Waals surface area contributed by atoms with Crippen LogP contribution in [0, 0.1) is 23.7 Å². The van der Waals surface area contributed by atoms with Crippen LogP contribution in [0.2, 0.25) is 5.02 Å². The topological polar surface area (TPSA) is 58.6 Å². The first kappa shape index (κ1) is 22.9. The summed E-state index contributed by atoms with van der Waals surface area (Å²) in [5, 5.41) is 3.88. The van der Waals surface area contributed by atoms with Crippen LogP contribution in [-0.2, 0) is 4.79 Å². The van der Waals surface area contributed by atoms with Crippen LogP contribution in [0.15, 0.2) is 18.2 Å². The number of methoxy groups -OCH3 is 1. The molecule has 0 spiro atoms. The summed E-state index contributed by atoms with van der Waals surface area (Å²) < 4.78 is 5.32. The van der Waals surface area contributed by atoms with Gasteiger partial charge in [0.1, 0.15) is 5.75 Å². The Kier molecular flexibility index (Phi) is 7.67. The second kappa shape index (κ2) is 10.0. The average molecular weight is 435 g/mol. The summed E-state index contributed by atoms with van der Waals surface area (Å²) in [5.41, 5.74) is 0.476. The summed E-state index contributed by atoms with van der Waals surface area (Å²) >= 11 is 6.08. The van der Waals surface area contributed by atoms with E-state index in [-0.39, 0.29) is 23.8 Å². The molecule has 1 saturated carbocycles. The van der Waals surface area contributed by atoms with Gasteiger partial charge in [0.15, 0.2) is 0 Å². The van der Waals surface area contributed by atoms with E-state index in [1.165, 1.54) is 12.8 Å². The molecular formula is C24H35ClN2O3. The minimum absolute atomic E-state index is 0.0275. The number of hydrogen-bond donors (Lipinski definition) is 1. The zero-order chi connectivity index (χ0) is 21.8. The fraction of sp³-hybridized carbons (Fsp3) is 0.667. The van der Waals surface area contributed by atoms with Crippen molar-refractivity contribution in [3.63, 3.8) is 0 Å². The number of benzene rings is 1. The van der Waals surface area contributed by atoms with E-state index in [0.29, 0.717) is 60.0 Å². The van der Waals surface area contributed by atoms with E-state index in [4.69, 9.17) is 16.3 Å². The normalized spacial score (nSPS) is 25.3. The first-order chi connectivity index (χ1) is 14.3. The van der Waals surface area contributed by atoms with Gasteiger partial charge in [-0.15, -0.1) is 0 Å². The van der Waals surface area contributed by atoms with Crippen molar-refractivity contribution >= 4 is 23.4 Å². The molecule has 2 fully saturated rings. The number of piperidine rings is 1. The Morgan fingerprint density at radius 2 is 1.87 bits per heavy atom. The van der Waals surface area contributed by atoms with Crippen molar-refractivity contribution in [3.8, 4) is 5.75 Å². The van der Waals surface area contributed by atoms with Crippen LogP contribution < -0.4 is 10.1 Å². The fourth-order valence-corrected chi connectivity index (χ4v) is 5.20. The minimum atomic E-state index is -0.0887. The number of amides is 2. The minimum Gasteiger partial charge on any atom is -0.496 e. The molecule has 1 aliphatic heterocycles. The molecule has 1 heterocycles. The van der Waals surface area contributed by atoms with Crippen LogP contribution in [0.25, 0.3) is 0 Å². The van der Waals surface area contributed by atoms with Crippen molar-refractivity contribution in [2.24, 2.45) is 23.7 Å². The molecule has 1 saturated heterocycles. The zero-order valence-electron chi connectivity index (χ0n) is 18.6. The second-order valence-electron chi connectivity index (χ2n) is 9.35. The van der Waals surface area contributed by atoms with Crippen LogP contribution in [0.4, 0.5) is 0 Å². The Balaban J connectivity index is 1.58. The van der Waals surface area contributed by atoms with E-state index < -0.39 is 0 Å². The van der Waals surface area contributed by atoms with Crippen LogP contribution in [0.1, 0.15) is 63.2 Å². The molecule has 2 aliphatic rings. The van der Waals surface area contributed by atoms with Gasteiger partial charge in [-0.25, -0.2) is 0 Å². The van der Waals surface area contributed by atoms with Gasteiger partial charge in [-0.3, -0.25) is 9.59 Å². The fourth-order valence-electron chi connectivity index (χ4n) is 5.03. The third-order valence-electron chi connectivity index (χ3n) is 6.89.